The van der Waals surface area contributed by atoms with Gasteiger partial charge in [-0.1, -0.05) is 6.07 Å². The van der Waals surface area contributed by atoms with Gasteiger partial charge < -0.3 is 50.6 Å². The number of thiophene rings is 1. The highest BCUT2D eigenvalue weighted by Gasteiger charge is 2.68. The van der Waals surface area contributed by atoms with E-state index in [-0.39, 0.29) is 13.0 Å². The second-order valence-electron chi connectivity index (χ2n) is 9.01. The summed E-state index contributed by atoms with van der Waals surface area (Å²) in [5.74, 6) is -2.18. The second kappa shape index (κ2) is 9.51. The van der Waals surface area contributed by atoms with Crippen LogP contribution in [0.3, 0.4) is 0 Å². The summed E-state index contributed by atoms with van der Waals surface area (Å²) in [7, 11) is 3.30. The standard InChI is InChI=1S/C21H35N3O7S/c1-11-9-20(27,10-24-7-6-12-5-4-8-32-12)21(28)19(29-11)30-18-16(26)13(22-2)15(25)14(23-3)17(18)31-21/h4-5,8,11,13-19,22-28H,6-7,9-10H2,1-3H3/t11-,13-,14+,15+,16+,17-,18-,19+,20-,21-/m1/s1. The molecule has 10 atom stereocenters. The Morgan fingerprint density at radius 2 is 1.84 bits per heavy atom. The summed E-state index contributed by atoms with van der Waals surface area (Å²) in [4.78, 5) is 1.22. The van der Waals surface area contributed by atoms with Gasteiger partial charge in [-0.25, -0.2) is 0 Å². The lowest BCUT2D eigenvalue weighted by Gasteiger charge is -2.60. The van der Waals surface area contributed by atoms with E-state index in [9.17, 15) is 20.4 Å². The molecule has 1 aromatic heterocycles. The van der Waals surface area contributed by atoms with Crippen LogP contribution in [0.25, 0.3) is 0 Å². The molecular weight excluding hydrogens is 438 g/mol. The highest BCUT2D eigenvalue weighted by atomic mass is 32.1. The van der Waals surface area contributed by atoms with Gasteiger partial charge >= 0.3 is 0 Å². The quantitative estimate of drug-likeness (QED) is 0.225. The number of aliphatic hydroxyl groups is 4. The van der Waals surface area contributed by atoms with Crippen molar-refractivity contribution >= 4 is 11.3 Å². The summed E-state index contributed by atoms with van der Waals surface area (Å²) in [6.45, 7) is 2.47. The maximum absolute atomic E-state index is 11.6. The molecular formula is C21H35N3O7S. The van der Waals surface area contributed by atoms with E-state index in [1.807, 2.05) is 11.4 Å². The third-order valence-electron chi connectivity index (χ3n) is 6.89. The van der Waals surface area contributed by atoms with E-state index in [0.29, 0.717) is 6.54 Å². The van der Waals surface area contributed by atoms with Crippen LogP contribution in [0.5, 0.6) is 0 Å². The van der Waals surface area contributed by atoms with Gasteiger partial charge in [0.15, 0.2) is 0 Å². The smallest absolute Gasteiger partial charge is 0.249 e. The van der Waals surface area contributed by atoms with Crippen molar-refractivity contribution in [2.45, 2.75) is 80.0 Å². The van der Waals surface area contributed by atoms with Crippen molar-refractivity contribution in [2.24, 2.45) is 0 Å². The summed E-state index contributed by atoms with van der Waals surface area (Å²) in [5, 5.41) is 55.9. The summed E-state index contributed by atoms with van der Waals surface area (Å²) in [6, 6.07) is 2.73. The Morgan fingerprint density at radius 3 is 2.50 bits per heavy atom. The van der Waals surface area contributed by atoms with Crippen molar-refractivity contribution < 1.29 is 34.6 Å². The van der Waals surface area contributed by atoms with Crippen LogP contribution in [0.1, 0.15) is 18.2 Å². The first-order chi connectivity index (χ1) is 15.2. The van der Waals surface area contributed by atoms with Crippen LogP contribution in [0.4, 0.5) is 0 Å². The van der Waals surface area contributed by atoms with Crippen LogP contribution >= 0.6 is 11.3 Å². The summed E-state index contributed by atoms with van der Waals surface area (Å²) in [6.07, 6.45) is -4.67. The van der Waals surface area contributed by atoms with Gasteiger partial charge in [-0.3, -0.25) is 0 Å². The molecule has 2 aliphatic heterocycles. The minimum atomic E-state index is -2.18. The van der Waals surface area contributed by atoms with Crippen molar-refractivity contribution in [2.75, 3.05) is 27.2 Å². The molecule has 2 saturated heterocycles. The summed E-state index contributed by atoms with van der Waals surface area (Å²) < 4.78 is 17.9. The number of fused-ring (bicyclic) bond motifs is 2. The van der Waals surface area contributed by atoms with Gasteiger partial charge in [-0.15, -0.1) is 11.3 Å². The Hall–Kier alpha value is -0.700. The van der Waals surface area contributed by atoms with Crippen LogP contribution in [0.15, 0.2) is 17.5 Å². The third-order valence-corrected chi connectivity index (χ3v) is 7.83. The maximum atomic E-state index is 11.6. The van der Waals surface area contributed by atoms with E-state index in [4.69, 9.17) is 14.2 Å². The van der Waals surface area contributed by atoms with Crippen LogP contribution < -0.4 is 16.0 Å². The lowest BCUT2D eigenvalue weighted by molar-refractivity contribution is -0.482. The molecule has 0 radical (unpaired) electrons. The maximum Gasteiger partial charge on any atom is 0.249 e. The van der Waals surface area contributed by atoms with E-state index in [2.05, 4.69) is 22.0 Å². The molecule has 3 heterocycles. The van der Waals surface area contributed by atoms with Crippen molar-refractivity contribution in [3.05, 3.63) is 22.4 Å². The van der Waals surface area contributed by atoms with Crippen LogP contribution in [-0.4, -0.2) is 108 Å². The molecule has 10 nitrogen and oxygen atoms in total. The van der Waals surface area contributed by atoms with Crippen molar-refractivity contribution in [3.8, 4) is 0 Å². The van der Waals surface area contributed by atoms with Gasteiger partial charge in [0.2, 0.25) is 12.1 Å². The Morgan fingerprint density at radius 1 is 1.09 bits per heavy atom. The molecule has 0 bridgehead atoms. The summed E-state index contributed by atoms with van der Waals surface area (Å²) >= 11 is 1.67. The van der Waals surface area contributed by atoms with Crippen molar-refractivity contribution in [1.29, 1.82) is 0 Å². The number of likely N-dealkylation sites (N-methyl/N-ethyl adjacent to an activating group) is 2. The Bertz CT molecular complexity index is 758. The lowest BCUT2D eigenvalue weighted by Crippen LogP contribution is -2.81. The molecule has 1 aliphatic carbocycles. The molecule has 0 unspecified atom stereocenters. The van der Waals surface area contributed by atoms with Crippen molar-refractivity contribution in [3.63, 3.8) is 0 Å². The normalized spacial score (nSPS) is 46.5. The number of hydrogen-bond donors (Lipinski definition) is 7. The Labute approximate surface area is 191 Å². The lowest BCUT2D eigenvalue weighted by atomic mass is 9.77. The van der Waals surface area contributed by atoms with Gasteiger partial charge in [0.05, 0.1) is 24.3 Å². The number of ether oxygens (including phenoxy) is 3. The second-order valence-corrected chi connectivity index (χ2v) is 10.0. The molecule has 0 aromatic carbocycles. The summed E-state index contributed by atoms with van der Waals surface area (Å²) in [5.41, 5.74) is -1.70. The minimum absolute atomic E-state index is 0.0638. The molecule has 0 spiro atoms. The van der Waals surface area contributed by atoms with E-state index in [1.54, 1.807) is 32.4 Å². The first-order valence-electron chi connectivity index (χ1n) is 11.1. The van der Waals surface area contributed by atoms with Crippen LogP contribution in [0.2, 0.25) is 0 Å². The predicted octanol–water partition coefficient (Wildman–Crippen LogP) is -1.87. The first-order valence-corrected chi connectivity index (χ1v) is 12.0. The van der Waals surface area contributed by atoms with Crippen molar-refractivity contribution in [1.82, 2.24) is 16.0 Å². The highest BCUT2D eigenvalue weighted by Crippen LogP contribution is 2.46. The molecule has 1 saturated carbocycles. The largest absolute Gasteiger partial charge is 0.390 e. The topological polar surface area (TPSA) is 145 Å². The monoisotopic (exact) mass is 473 g/mol. The van der Waals surface area contributed by atoms with E-state index < -0.39 is 60.3 Å². The molecule has 0 amide bonds. The molecule has 4 rings (SSSR count). The fraction of sp³-hybridized carbons (Fsp3) is 0.810. The third kappa shape index (κ3) is 4.14. The van der Waals surface area contributed by atoms with E-state index in [1.165, 1.54) is 4.88 Å². The van der Waals surface area contributed by atoms with Crippen LogP contribution in [0, 0.1) is 0 Å². The number of hydrogen-bond acceptors (Lipinski definition) is 11. The number of nitrogens with one attached hydrogen (secondary N) is 3. The van der Waals surface area contributed by atoms with Gasteiger partial charge in [0.1, 0.15) is 23.9 Å². The molecule has 11 heteroatoms. The van der Waals surface area contributed by atoms with E-state index >= 15 is 0 Å². The zero-order chi connectivity index (χ0) is 23.1. The molecule has 32 heavy (non-hydrogen) atoms. The highest BCUT2D eigenvalue weighted by molar-refractivity contribution is 7.09. The fourth-order valence-electron chi connectivity index (χ4n) is 5.19. The predicted molar refractivity (Wildman–Crippen MR) is 117 cm³/mol. The zero-order valence-corrected chi connectivity index (χ0v) is 19.4. The Balaban J connectivity index is 1.53. The molecule has 3 fully saturated rings. The van der Waals surface area contributed by atoms with E-state index in [0.717, 1.165) is 6.42 Å². The fourth-order valence-corrected chi connectivity index (χ4v) is 5.90. The van der Waals surface area contributed by atoms with Gasteiger partial charge in [0, 0.05) is 24.4 Å². The molecule has 1 aromatic rings. The minimum Gasteiger partial charge on any atom is -0.390 e. The Kier molecular flexibility index (Phi) is 7.26. The van der Waals surface area contributed by atoms with Gasteiger partial charge in [-0.2, -0.15) is 0 Å². The van der Waals surface area contributed by atoms with Gasteiger partial charge in [-0.05, 0) is 38.9 Å². The average Bonchev–Trinajstić information content (AvgIpc) is 3.26. The zero-order valence-electron chi connectivity index (χ0n) is 18.6. The van der Waals surface area contributed by atoms with Gasteiger partial charge in [0.25, 0.3) is 0 Å². The molecule has 7 N–H and O–H groups in total. The SMILES string of the molecule is CN[C@@H]1[C@H](O)[C@H](NC)[C@H]2O[C@]3(O)[C@H](O[C@@H]2[C@H]1O)O[C@H](C)C[C@@]3(O)CNCCc1cccs1. The van der Waals surface area contributed by atoms with Crippen LogP contribution in [-0.2, 0) is 20.6 Å². The molecule has 182 valence electrons. The number of aliphatic hydroxyl groups excluding tert-OH is 2. The average molecular weight is 474 g/mol. The molecule has 3 aliphatic rings. The number of rotatable bonds is 7. The first kappa shape index (κ1) is 24.4.